The van der Waals surface area contributed by atoms with E-state index in [1.165, 1.54) is 116 Å². The van der Waals surface area contributed by atoms with Gasteiger partial charge in [0.1, 0.15) is 5.78 Å². The molecule has 50 heavy (non-hydrogen) atoms. The molecule has 0 bridgehead atoms. The van der Waals surface area contributed by atoms with Crippen LogP contribution in [0.15, 0.2) is 0 Å². The molecule has 2 atom stereocenters. The van der Waals surface area contributed by atoms with Crippen LogP contribution in [0.2, 0.25) is 0 Å². The third-order valence-corrected chi connectivity index (χ3v) is 10.5. The van der Waals surface area contributed by atoms with E-state index in [1.54, 1.807) is 0 Å². The highest BCUT2D eigenvalue weighted by Crippen LogP contribution is 2.20. The third kappa shape index (κ3) is 35.0. The van der Waals surface area contributed by atoms with Gasteiger partial charge in [0.15, 0.2) is 0 Å². The first-order chi connectivity index (χ1) is 24.5. The van der Waals surface area contributed by atoms with Gasteiger partial charge in [0.25, 0.3) is 0 Å². The molecule has 0 rings (SSSR count). The van der Waals surface area contributed by atoms with Crippen molar-refractivity contribution >= 4 is 17.7 Å². The Labute approximate surface area is 312 Å². The molecule has 0 N–H and O–H groups in total. The summed E-state index contributed by atoms with van der Waals surface area (Å²) >= 11 is 0. The molecular formula is C45H86O5. The summed E-state index contributed by atoms with van der Waals surface area (Å²) in [6.07, 6.45) is 37.9. The van der Waals surface area contributed by atoms with Crippen LogP contribution in [0.3, 0.4) is 0 Å². The third-order valence-electron chi connectivity index (χ3n) is 10.5. The molecule has 0 aromatic rings. The zero-order valence-electron chi connectivity index (χ0n) is 34.2. The number of ketones is 1. The van der Waals surface area contributed by atoms with E-state index in [-0.39, 0.29) is 11.9 Å². The number of esters is 2. The molecule has 0 aromatic carbocycles. The fraction of sp³-hybridized carbons (Fsp3) is 0.933. The Morgan fingerprint density at radius 2 is 0.620 bits per heavy atom. The van der Waals surface area contributed by atoms with E-state index in [0.29, 0.717) is 56.5 Å². The highest BCUT2D eigenvalue weighted by atomic mass is 16.5. The Morgan fingerprint density at radius 3 is 1.00 bits per heavy atom. The Bertz CT molecular complexity index is 750. The number of Topliss-reactive ketones (excluding diaryl/α,β-unsaturated/α-hetero) is 1. The Balaban J connectivity index is 3.69. The van der Waals surface area contributed by atoms with E-state index in [0.717, 1.165) is 77.0 Å². The predicted octanol–water partition coefficient (Wildman–Crippen LogP) is 14.2. The van der Waals surface area contributed by atoms with Gasteiger partial charge in [-0.05, 0) is 63.2 Å². The van der Waals surface area contributed by atoms with Crippen LogP contribution in [0.5, 0.6) is 0 Å². The lowest BCUT2D eigenvalue weighted by Crippen LogP contribution is -2.14. The van der Waals surface area contributed by atoms with Crippen molar-refractivity contribution in [2.45, 2.75) is 246 Å². The van der Waals surface area contributed by atoms with Crippen LogP contribution in [0.1, 0.15) is 246 Å². The number of hydrogen-bond acceptors (Lipinski definition) is 5. The van der Waals surface area contributed by atoms with E-state index >= 15 is 0 Å². The van der Waals surface area contributed by atoms with Gasteiger partial charge in [-0.1, -0.05) is 169 Å². The molecule has 0 radical (unpaired) electrons. The molecule has 0 saturated carbocycles. The van der Waals surface area contributed by atoms with Crippen molar-refractivity contribution in [1.82, 2.24) is 0 Å². The highest BCUT2D eigenvalue weighted by Gasteiger charge is 2.13. The lowest BCUT2D eigenvalue weighted by atomic mass is 9.96. The van der Waals surface area contributed by atoms with Gasteiger partial charge in [-0.15, -0.1) is 0 Å². The molecule has 0 fully saturated rings. The minimum Gasteiger partial charge on any atom is -0.465 e. The van der Waals surface area contributed by atoms with Gasteiger partial charge in [-0.2, -0.15) is 0 Å². The van der Waals surface area contributed by atoms with Crippen molar-refractivity contribution in [1.29, 1.82) is 0 Å². The van der Waals surface area contributed by atoms with Crippen LogP contribution >= 0.6 is 0 Å². The maximum atomic E-state index is 12.3. The number of hydrogen-bond donors (Lipinski definition) is 0. The zero-order valence-corrected chi connectivity index (χ0v) is 34.2. The SMILES string of the molecule is CCCCCCCCC(CCCC)COC(=O)CCCCCCCCC(=O)CCCCCCCCC(=O)OCC(CCCC)CCCCCC. The van der Waals surface area contributed by atoms with Crippen molar-refractivity contribution in [3.63, 3.8) is 0 Å². The van der Waals surface area contributed by atoms with E-state index in [2.05, 4.69) is 27.7 Å². The van der Waals surface area contributed by atoms with E-state index in [1.807, 2.05) is 0 Å². The first kappa shape index (κ1) is 48.6. The highest BCUT2D eigenvalue weighted by molar-refractivity contribution is 5.78. The second-order valence-corrected chi connectivity index (χ2v) is 15.6. The molecular weight excluding hydrogens is 620 g/mol. The summed E-state index contributed by atoms with van der Waals surface area (Å²) in [4.78, 5) is 36.8. The predicted molar refractivity (Wildman–Crippen MR) is 214 cm³/mol. The molecule has 0 spiro atoms. The van der Waals surface area contributed by atoms with E-state index in [9.17, 15) is 14.4 Å². The largest absolute Gasteiger partial charge is 0.465 e. The monoisotopic (exact) mass is 707 g/mol. The lowest BCUT2D eigenvalue weighted by molar-refractivity contribution is -0.146. The molecule has 0 amide bonds. The molecule has 0 saturated heterocycles. The summed E-state index contributed by atoms with van der Waals surface area (Å²) < 4.78 is 11.3. The summed E-state index contributed by atoms with van der Waals surface area (Å²) in [7, 11) is 0. The normalized spacial score (nSPS) is 12.6. The van der Waals surface area contributed by atoms with Gasteiger partial charge in [0.05, 0.1) is 13.2 Å². The van der Waals surface area contributed by atoms with Crippen molar-refractivity contribution in [3.8, 4) is 0 Å². The van der Waals surface area contributed by atoms with Gasteiger partial charge >= 0.3 is 11.9 Å². The lowest BCUT2D eigenvalue weighted by Gasteiger charge is -2.17. The molecule has 296 valence electrons. The average molecular weight is 707 g/mol. The molecule has 0 aliphatic rings. The van der Waals surface area contributed by atoms with Crippen LogP contribution in [0.25, 0.3) is 0 Å². The van der Waals surface area contributed by atoms with Gasteiger partial charge in [-0.25, -0.2) is 0 Å². The number of ether oxygens (including phenoxy) is 2. The Hall–Kier alpha value is -1.39. The molecule has 5 heteroatoms. The number of carbonyl (C=O) groups excluding carboxylic acids is 3. The first-order valence-corrected chi connectivity index (χ1v) is 22.3. The van der Waals surface area contributed by atoms with Crippen molar-refractivity contribution in [2.24, 2.45) is 11.8 Å². The number of carbonyl (C=O) groups is 3. The standard InChI is InChI=1S/C45H86O5/c1-5-9-13-15-20-26-34-42(32-12-8-4)40-50-45(48)38-30-24-19-17-22-28-36-43(46)35-27-21-16-18-23-29-37-44(47)49-39-41(31-11-7-3)33-25-14-10-6-2/h41-42H,5-40H2,1-4H3. The summed E-state index contributed by atoms with van der Waals surface area (Å²) in [6.45, 7) is 10.2. The molecule has 0 heterocycles. The van der Waals surface area contributed by atoms with Crippen LogP contribution in [-0.4, -0.2) is 30.9 Å². The smallest absolute Gasteiger partial charge is 0.305 e. The molecule has 5 nitrogen and oxygen atoms in total. The van der Waals surface area contributed by atoms with E-state index in [4.69, 9.17) is 9.47 Å². The van der Waals surface area contributed by atoms with Crippen LogP contribution in [0, 0.1) is 11.8 Å². The fourth-order valence-electron chi connectivity index (χ4n) is 6.97. The molecule has 2 unspecified atom stereocenters. The fourth-order valence-corrected chi connectivity index (χ4v) is 6.97. The van der Waals surface area contributed by atoms with Crippen molar-refractivity contribution < 1.29 is 23.9 Å². The zero-order chi connectivity index (χ0) is 36.8. The van der Waals surface area contributed by atoms with Crippen molar-refractivity contribution in [2.75, 3.05) is 13.2 Å². The van der Waals surface area contributed by atoms with Crippen molar-refractivity contribution in [3.05, 3.63) is 0 Å². The first-order valence-electron chi connectivity index (χ1n) is 22.3. The average Bonchev–Trinajstić information content (AvgIpc) is 3.11. The maximum Gasteiger partial charge on any atom is 0.305 e. The van der Waals surface area contributed by atoms with Gasteiger partial charge < -0.3 is 9.47 Å². The minimum absolute atomic E-state index is 0.0189. The van der Waals surface area contributed by atoms with Crippen LogP contribution < -0.4 is 0 Å². The number of unbranched alkanes of at least 4 members (excludes halogenated alkanes) is 20. The van der Waals surface area contributed by atoms with Crippen LogP contribution in [0.4, 0.5) is 0 Å². The second kappa shape index (κ2) is 38.8. The summed E-state index contributed by atoms with van der Waals surface area (Å²) in [5.41, 5.74) is 0. The Morgan fingerprint density at radius 1 is 0.340 bits per heavy atom. The Kier molecular flexibility index (Phi) is 37.8. The quantitative estimate of drug-likeness (QED) is 0.0468. The van der Waals surface area contributed by atoms with Crippen LogP contribution in [-0.2, 0) is 23.9 Å². The topological polar surface area (TPSA) is 69.7 Å². The second-order valence-electron chi connectivity index (χ2n) is 15.6. The molecule has 0 aliphatic carbocycles. The summed E-state index contributed by atoms with van der Waals surface area (Å²) in [6, 6.07) is 0. The van der Waals surface area contributed by atoms with E-state index < -0.39 is 0 Å². The van der Waals surface area contributed by atoms with Gasteiger partial charge in [0, 0.05) is 25.7 Å². The van der Waals surface area contributed by atoms with Gasteiger partial charge in [-0.3, -0.25) is 14.4 Å². The molecule has 0 aromatic heterocycles. The number of rotatable bonds is 40. The summed E-state index contributed by atoms with van der Waals surface area (Å²) in [5.74, 6) is 1.43. The maximum absolute atomic E-state index is 12.3. The minimum atomic E-state index is -0.0225. The molecule has 0 aliphatic heterocycles. The van der Waals surface area contributed by atoms with Gasteiger partial charge in [0.2, 0.25) is 0 Å². The summed E-state index contributed by atoms with van der Waals surface area (Å²) in [5, 5.41) is 0.